The van der Waals surface area contributed by atoms with E-state index < -0.39 is 0 Å². The number of rotatable bonds is 4. The zero-order chi connectivity index (χ0) is 14.4. The van der Waals surface area contributed by atoms with E-state index in [1.165, 1.54) is 0 Å². The molecule has 0 bridgehead atoms. The van der Waals surface area contributed by atoms with Crippen molar-refractivity contribution in [3.63, 3.8) is 0 Å². The first-order chi connectivity index (χ1) is 9.72. The number of nitrogens with zero attached hydrogens (tertiary/aromatic N) is 2. The van der Waals surface area contributed by atoms with Gasteiger partial charge in [0.2, 0.25) is 5.96 Å². The molecule has 1 unspecified atom stereocenters. The van der Waals surface area contributed by atoms with Crippen molar-refractivity contribution >= 4 is 17.3 Å². The molecule has 0 amide bonds. The second-order valence-corrected chi connectivity index (χ2v) is 4.77. The molecule has 1 atom stereocenters. The summed E-state index contributed by atoms with van der Waals surface area (Å²) < 4.78 is 0. The zero-order valence-electron chi connectivity index (χ0n) is 12.0. The number of hydrogen-bond donors (Lipinski definition) is 1. The zero-order valence-corrected chi connectivity index (χ0v) is 12.0. The number of aliphatic imine (C=N–C) groups is 1. The minimum atomic E-state index is 0.296. The Bertz CT molecular complexity index is 549. The van der Waals surface area contributed by atoms with Gasteiger partial charge in [-0.05, 0) is 37.6 Å². The first kappa shape index (κ1) is 14.1. The SMILES string of the molecule is CCC(C)N(C(N)=Nc1ccccc1)c1ccccc1. The van der Waals surface area contributed by atoms with Gasteiger partial charge in [0.15, 0.2) is 0 Å². The number of guanidine groups is 1. The first-order valence-electron chi connectivity index (χ1n) is 6.96. The lowest BCUT2D eigenvalue weighted by Crippen LogP contribution is -2.43. The topological polar surface area (TPSA) is 41.6 Å². The van der Waals surface area contributed by atoms with E-state index in [1.807, 2.05) is 48.5 Å². The smallest absolute Gasteiger partial charge is 0.201 e. The second-order valence-electron chi connectivity index (χ2n) is 4.77. The predicted molar refractivity (Wildman–Crippen MR) is 86.4 cm³/mol. The van der Waals surface area contributed by atoms with Crippen LogP contribution < -0.4 is 10.6 Å². The Balaban J connectivity index is 2.34. The maximum Gasteiger partial charge on any atom is 0.201 e. The van der Waals surface area contributed by atoms with Gasteiger partial charge in [-0.3, -0.25) is 0 Å². The molecule has 0 heterocycles. The summed E-state index contributed by atoms with van der Waals surface area (Å²) in [6, 6.07) is 20.2. The molecule has 3 nitrogen and oxygen atoms in total. The van der Waals surface area contributed by atoms with Crippen LogP contribution in [0.2, 0.25) is 0 Å². The summed E-state index contributed by atoms with van der Waals surface area (Å²) in [5, 5.41) is 0. The van der Waals surface area contributed by atoms with E-state index in [0.717, 1.165) is 17.8 Å². The van der Waals surface area contributed by atoms with Crippen molar-refractivity contribution < 1.29 is 0 Å². The van der Waals surface area contributed by atoms with E-state index in [1.54, 1.807) is 0 Å². The van der Waals surface area contributed by atoms with Crippen LogP contribution in [0.15, 0.2) is 65.7 Å². The van der Waals surface area contributed by atoms with E-state index >= 15 is 0 Å². The minimum absolute atomic E-state index is 0.296. The molecule has 2 aromatic carbocycles. The van der Waals surface area contributed by atoms with Gasteiger partial charge in [0, 0.05) is 11.7 Å². The Kier molecular flexibility index (Phi) is 4.77. The van der Waals surface area contributed by atoms with Crippen LogP contribution in [0, 0.1) is 0 Å². The highest BCUT2D eigenvalue weighted by Crippen LogP contribution is 2.19. The number of para-hydroxylation sites is 2. The Morgan fingerprint density at radius 2 is 1.60 bits per heavy atom. The van der Waals surface area contributed by atoms with Crippen LogP contribution in [-0.4, -0.2) is 12.0 Å². The molecule has 0 aliphatic carbocycles. The maximum absolute atomic E-state index is 6.23. The number of benzene rings is 2. The Labute approximate surface area is 120 Å². The second kappa shape index (κ2) is 6.75. The van der Waals surface area contributed by atoms with Gasteiger partial charge >= 0.3 is 0 Å². The van der Waals surface area contributed by atoms with Crippen LogP contribution >= 0.6 is 0 Å². The van der Waals surface area contributed by atoms with Crippen molar-refractivity contribution in [2.45, 2.75) is 26.3 Å². The van der Waals surface area contributed by atoms with Crippen LogP contribution in [-0.2, 0) is 0 Å². The summed E-state index contributed by atoms with van der Waals surface area (Å²) in [6.45, 7) is 4.30. The third-order valence-electron chi connectivity index (χ3n) is 3.31. The molecule has 0 radical (unpaired) electrons. The maximum atomic E-state index is 6.23. The highest BCUT2D eigenvalue weighted by molar-refractivity contribution is 5.96. The summed E-state index contributed by atoms with van der Waals surface area (Å²) in [5.41, 5.74) is 8.17. The van der Waals surface area contributed by atoms with Gasteiger partial charge in [-0.15, -0.1) is 0 Å². The quantitative estimate of drug-likeness (QED) is 0.673. The highest BCUT2D eigenvalue weighted by Gasteiger charge is 2.16. The van der Waals surface area contributed by atoms with Gasteiger partial charge in [-0.25, -0.2) is 4.99 Å². The van der Waals surface area contributed by atoms with Gasteiger partial charge < -0.3 is 10.6 Å². The average Bonchev–Trinajstić information content (AvgIpc) is 2.49. The van der Waals surface area contributed by atoms with Crippen molar-refractivity contribution in [1.82, 2.24) is 0 Å². The van der Waals surface area contributed by atoms with Crippen LogP contribution in [0.1, 0.15) is 20.3 Å². The van der Waals surface area contributed by atoms with Crippen LogP contribution in [0.4, 0.5) is 11.4 Å². The summed E-state index contributed by atoms with van der Waals surface area (Å²) in [6.07, 6.45) is 1.000. The normalized spacial score (nSPS) is 13.0. The van der Waals surface area contributed by atoms with E-state index in [-0.39, 0.29) is 0 Å². The van der Waals surface area contributed by atoms with Gasteiger partial charge in [-0.1, -0.05) is 43.3 Å². The van der Waals surface area contributed by atoms with Gasteiger partial charge in [-0.2, -0.15) is 0 Å². The largest absolute Gasteiger partial charge is 0.369 e. The van der Waals surface area contributed by atoms with Gasteiger partial charge in [0.25, 0.3) is 0 Å². The molecular formula is C17H21N3. The number of hydrogen-bond acceptors (Lipinski definition) is 1. The molecule has 2 N–H and O–H groups in total. The molecule has 0 spiro atoms. The Hall–Kier alpha value is -2.29. The van der Waals surface area contributed by atoms with Crippen LogP contribution in [0.3, 0.4) is 0 Å². The third kappa shape index (κ3) is 3.38. The van der Waals surface area contributed by atoms with Crippen molar-refractivity contribution in [3.05, 3.63) is 60.7 Å². The summed E-state index contributed by atoms with van der Waals surface area (Å²) in [7, 11) is 0. The molecule has 0 aromatic heterocycles. The summed E-state index contributed by atoms with van der Waals surface area (Å²) >= 11 is 0. The summed E-state index contributed by atoms with van der Waals surface area (Å²) in [5.74, 6) is 0.525. The molecule has 2 aromatic rings. The minimum Gasteiger partial charge on any atom is -0.369 e. The van der Waals surface area contributed by atoms with Crippen molar-refractivity contribution in [3.8, 4) is 0 Å². The van der Waals surface area contributed by atoms with E-state index in [9.17, 15) is 0 Å². The lowest BCUT2D eigenvalue weighted by atomic mass is 10.2. The Morgan fingerprint density at radius 1 is 1.05 bits per heavy atom. The molecular weight excluding hydrogens is 246 g/mol. The molecule has 0 saturated carbocycles. The predicted octanol–water partition coefficient (Wildman–Crippen LogP) is 3.94. The molecule has 3 heteroatoms. The number of anilines is 1. The molecule has 0 saturated heterocycles. The monoisotopic (exact) mass is 267 g/mol. The summed E-state index contributed by atoms with van der Waals surface area (Å²) in [4.78, 5) is 6.60. The molecule has 104 valence electrons. The van der Waals surface area contributed by atoms with Crippen molar-refractivity contribution in [2.75, 3.05) is 4.90 Å². The van der Waals surface area contributed by atoms with Gasteiger partial charge in [0.1, 0.15) is 0 Å². The van der Waals surface area contributed by atoms with Crippen molar-refractivity contribution in [2.24, 2.45) is 10.7 Å². The molecule has 20 heavy (non-hydrogen) atoms. The lowest BCUT2D eigenvalue weighted by Gasteiger charge is -2.29. The molecule has 0 aliphatic rings. The fourth-order valence-corrected chi connectivity index (χ4v) is 2.07. The van der Waals surface area contributed by atoms with E-state index in [2.05, 4.69) is 35.9 Å². The third-order valence-corrected chi connectivity index (χ3v) is 3.31. The first-order valence-corrected chi connectivity index (χ1v) is 6.96. The van der Waals surface area contributed by atoms with Crippen LogP contribution in [0.25, 0.3) is 0 Å². The van der Waals surface area contributed by atoms with E-state index in [0.29, 0.717) is 12.0 Å². The van der Waals surface area contributed by atoms with Gasteiger partial charge in [0.05, 0.1) is 5.69 Å². The standard InChI is InChI=1S/C17H21N3/c1-3-14(2)20(16-12-8-5-9-13-16)17(18)19-15-10-6-4-7-11-15/h4-14H,3H2,1-2H3,(H2,18,19). The highest BCUT2D eigenvalue weighted by atomic mass is 15.3. The number of nitrogens with two attached hydrogens (primary N) is 1. The fraction of sp³-hybridized carbons (Fsp3) is 0.235. The van der Waals surface area contributed by atoms with E-state index in [4.69, 9.17) is 5.73 Å². The fourth-order valence-electron chi connectivity index (χ4n) is 2.07. The molecule has 2 rings (SSSR count). The lowest BCUT2D eigenvalue weighted by molar-refractivity contribution is 0.697. The molecule has 0 aliphatic heterocycles. The molecule has 0 fully saturated rings. The average molecular weight is 267 g/mol. The Morgan fingerprint density at radius 3 is 2.15 bits per heavy atom. The van der Waals surface area contributed by atoms with Crippen LogP contribution in [0.5, 0.6) is 0 Å². The van der Waals surface area contributed by atoms with Crippen molar-refractivity contribution in [1.29, 1.82) is 0 Å².